The van der Waals surface area contributed by atoms with Crippen LogP contribution in [0.3, 0.4) is 0 Å². The molecular formula is C17H29FIN3O3S. The van der Waals surface area contributed by atoms with Crippen molar-refractivity contribution in [1.82, 2.24) is 10.6 Å². The lowest BCUT2D eigenvalue weighted by Gasteiger charge is -2.18. The molecule has 26 heavy (non-hydrogen) atoms. The lowest BCUT2D eigenvalue weighted by molar-refractivity contribution is 0.157. The third-order valence-corrected chi connectivity index (χ3v) is 4.41. The maximum absolute atomic E-state index is 13.7. The number of sulfone groups is 1. The van der Waals surface area contributed by atoms with Crippen molar-refractivity contribution < 1.29 is 17.5 Å². The number of halogens is 2. The second kappa shape index (κ2) is 12.4. The van der Waals surface area contributed by atoms with Crippen molar-refractivity contribution in [3.05, 3.63) is 35.1 Å². The van der Waals surface area contributed by atoms with Gasteiger partial charge in [-0.25, -0.2) is 12.8 Å². The minimum atomic E-state index is -3.01. The van der Waals surface area contributed by atoms with Gasteiger partial charge in [0.1, 0.15) is 15.7 Å². The van der Waals surface area contributed by atoms with Crippen molar-refractivity contribution in [3.63, 3.8) is 0 Å². The van der Waals surface area contributed by atoms with E-state index in [-0.39, 0.29) is 48.2 Å². The molecule has 0 saturated heterocycles. The van der Waals surface area contributed by atoms with E-state index < -0.39 is 9.84 Å². The van der Waals surface area contributed by atoms with E-state index in [2.05, 4.69) is 15.6 Å². The summed E-state index contributed by atoms with van der Waals surface area (Å²) in [4.78, 5) is 4.38. The Morgan fingerprint density at radius 3 is 2.62 bits per heavy atom. The minimum Gasteiger partial charge on any atom is -0.378 e. The molecule has 0 spiro atoms. The number of nitrogens with zero attached hydrogens (tertiary/aromatic N) is 1. The quantitative estimate of drug-likeness (QED) is 0.235. The van der Waals surface area contributed by atoms with E-state index in [0.717, 1.165) is 5.56 Å². The Kier molecular flexibility index (Phi) is 12.0. The van der Waals surface area contributed by atoms with E-state index in [1.807, 2.05) is 19.9 Å². The number of nitrogens with one attached hydrogen (secondary N) is 2. The molecule has 6 nitrogen and oxygen atoms in total. The summed E-state index contributed by atoms with van der Waals surface area (Å²) in [6, 6.07) is 5.04. The van der Waals surface area contributed by atoms with Crippen molar-refractivity contribution in [2.45, 2.75) is 26.8 Å². The van der Waals surface area contributed by atoms with Crippen molar-refractivity contribution in [2.75, 3.05) is 38.3 Å². The summed E-state index contributed by atoms with van der Waals surface area (Å²) in [5.74, 6) is 0.375. The van der Waals surface area contributed by atoms with Gasteiger partial charge in [0, 0.05) is 12.8 Å². The molecule has 1 rings (SSSR count). The van der Waals surface area contributed by atoms with E-state index in [0.29, 0.717) is 31.2 Å². The number of aliphatic imine (C=N–C) groups is 1. The van der Waals surface area contributed by atoms with Gasteiger partial charge in [-0.2, -0.15) is 0 Å². The van der Waals surface area contributed by atoms with Crippen LogP contribution < -0.4 is 10.6 Å². The smallest absolute Gasteiger partial charge is 0.191 e. The zero-order valence-corrected chi connectivity index (χ0v) is 18.9. The second-order valence-corrected chi connectivity index (χ2v) is 8.14. The fraction of sp³-hybridized carbons (Fsp3) is 0.588. The second-order valence-electron chi connectivity index (χ2n) is 5.88. The van der Waals surface area contributed by atoms with Crippen LogP contribution in [0.5, 0.6) is 0 Å². The zero-order chi connectivity index (χ0) is 18.9. The normalized spacial score (nSPS) is 13.0. The Labute approximate surface area is 172 Å². The van der Waals surface area contributed by atoms with Gasteiger partial charge in [0.15, 0.2) is 5.96 Å². The maximum Gasteiger partial charge on any atom is 0.191 e. The first-order valence-electron chi connectivity index (χ1n) is 8.29. The van der Waals surface area contributed by atoms with Crippen LogP contribution in [0.1, 0.15) is 31.0 Å². The van der Waals surface area contributed by atoms with E-state index in [9.17, 15) is 12.8 Å². The van der Waals surface area contributed by atoms with E-state index >= 15 is 0 Å². The van der Waals surface area contributed by atoms with Gasteiger partial charge >= 0.3 is 0 Å². The lowest BCUT2D eigenvalue weighted by atomic mass is 10.1. The fourth-order valence-corrected chi connectivity index (χ4v) is 2.44. The van der Waals surface area contributed by atoms with Crippen LogP contribution in [-0.2, 0) is 14.6 Å². The van der Waals surface area contributed by atoms with Crippen molar-refractivity contribution in [3.8, 4) is 0 Å². The summed E-state index contributed by atoms with van der Waals surface area (Å²) < 4.78 is 41.0. The summed E-state index contributed by atoms with van der Waals surface area (Å²) in [6.07, 6.45) is 1.18. The van der Waals surface area contributed by atoms with Crippen molar-refractivity contribution in [2.24, 2.45) is 4.99 Å². The van der Waals surface area contributed by atoms with Crippen LogP contribution in [0.15, 0.2) is 23.2 Å². The Morgan fingerprint density at radius 1 is 1.35 bits per heavy atom. The minimum absolute atomic E-state index is 0. The van der Waals surface area contributed by atoms with Gasteiger partial charge < -0.3 is 15.4 Å². The Morgan fingerprint density at radius 2 is 2.04 bits per heavy atom. The molecular weight excluding hydrogens is 472 g/mol. The maximum atomic E-state index is 13.7. The van der Waals surface area contributed by atoms with Gasteiger partial charge in [-0.05, 0) is 38.0 Å². The summed E-state index contributed by atoms with van der Waals surface area (Å²) >= 11 is 0. The summed E-state index contributed by atoms with van der Waals surface area (Å²) in [6.45, 7) is 7.20. The number of rotatable bonds is 9. The van der Waals surface area contributed by atoms with Crippen molar-refractivity contribution >= 4 is 39.8 Å². The molecule has 0 aromatic heterocycles. The molecule has 0 fully saturated rings. The first-order chi connectivity index (χ1) is 11.7. The summed E-state index contributed by atoms with van der Waals surface area (Å²) in [5.41, 5.74) is 1.45. The van der Waals surface area contributed by atoms with Gasteiger partial charge in [0.05, 0.1) is 31.6 Å². The van der Waals surface area contributed by atoms with Gasteiger partial charge in [-0.15, -0.1) is 24.0 Å². The summed E-state index contributed by atoms with van der Waals surface area (Å²) in [7, 11) is -3.01. The number of aryl methyl sites for hydroxylation is 1. The van der Waals surface area contributed by atoms with Crippen LogP contribution in [0.25, 0.3) is 0 Å². The third kappa shape index (κ3) is 10.3. The van der Waals surface area contributed by atoms with Crippen LogP contribution in [0, 0.1) is 12.7 Å². The molecule has 150 valence electrons. The third-order valence-electron chi connectivity index (χ3n) is 3.50. The highest BCUT2D eigenvalue weighted by Crippen LogP contribution is 2.16. The largest absolute Gasteiger partial charge is 0.378 e. The van der Waals surface area contributed by atoms with E-state index in [1.54, 1.807) is 13.0 Å². The fourth-order valence-electron chi connectivity index (χ4n) is 2.02. The van der Waals surface area contributed by atoms with Gasteiger partial charge in [-0.3, -0.25) is 4.99 Å². The molecule has 9 heteroatoms. The molecule has 0 saturated carbocycles. The first-order valence-corrected chi connectivity index (χ1v) is 10.4. The lowest BCUT2D eigenvalue weighted by Crippen LogP contribution is -2.39. The monoisotopic (exact) mass is 501 g/mol. The highest BCUT2D eigenvalue weighted by Gasteiger charge is 2.09. The Balaban J connectivity index is 0.00000625. The van der Waals surface area contributed by atoms with Gasteiger partial charge in [-0.1, -0.05) is 12.1 Å². The van der Waals surface area contributed by atoms with E-state index in [1.165, 1.54) is 12.3 Å². The number of guanidine groups is 1. The molecule has 0 aliphatic heterocycles. The SMILES string of the molecule is CCNC(=NCCOCCS(C)(=O)=O)NC(C)c1ccc(C)c(F)c1.I. The van der Waals surface area contributed by atoms with Gasteiger partial charge in [0.2, 0.25) is 0 Å². The average molecular weight is 501 g/mol. The highest BCUT2D eigenvalue weighted by molar-refractivity contribution is 14.0. The zero-order valence-electron chi connectivity index (χ0n) is 15.7. The number of hydrogen-bond acceptors (Lipinski definition) is 4. The predicted octanol–water partition coefficient (Wildman–Crippen LogP) is 2.43. The molecule has 0 bridgehead atoms. The van der Waals surface area contributed by atoms with Crippen LogP contribution in [0.2, 0.25) is 0 Å². The van der Waals surface area contributed by atoms with Crippen molar-refractivity contribution in [1.29, 1.82) is 0 Å². The molecule has 0 amide bonds. The molecule has 0 aliphatic rings. The number of hydrogen-bond donors (Lipinski definition) is 2. The summed E-state index contributed by atoms with van der Waals surface area (Å²) in [5, 5.41) is 6.33. The molecule has 1 aromatic rings. The molecule has 0 radical (unpaired) electrons. The molecule has 1 unspecified atom stereocenters. The van der Waals surface area contributed by atoms with Crippen LogP contribution in [-0.4, -0.2) is 52.7 Å². The van der Waals surface area contributed by atoms with Gasteiger partial charge in [0.25, 0.3) is 0 Å². The molecule has 0 aliphatic carbocycles. The number of benzene rings is 1. The van der Waals surface area contributed by atoms with Crippen LogP contribution >= 0.6 is 24.0 Å². The molecule has 1 atom stereocenters. The Hall–Kier alpha value is -0.940. The standard InChI is InChI=1S/C17H28FN3O3S.HI/c1-5-19-17(20-8-9-24-10-11-25(4,22)23)21-14(3)15-7-6-13(2)16(18)12-15;/h6-7,12,14H,5,8-11H2,1-4H3,(H2,19,20,21);1H. The van der Waals surface area contributed by atoms with E-state index in [4.69, 9.17) is 4.74 Å². The average Bonchev–Trinajstić information content (AvgIpc) is 2.52. The van der Waals surface area contributed by atoms with Crippen LogP contribution in [0.4, 0.5) is 4.39 Å². The highest BCUT2D eigenvalue weighted by atomic mass is 127. The molecule has 0 heterocycles. The molecule has 2 N–H and O–H groups in total. The Bertz CT molecular complexity index is 684. The topological polar surface area (TPSA) is 79.8 Å². The number of ether oxygens (including phenoxy) is 1. The molecule has 1 aromatic carbocycles. The first kappa shape index (κ1) is 25.1. The predicted molar refractivity (Wildman–Crippen MR) is 115 cm³/mol.